The molecular weight excluding hydrogens is 254 g/mol. The third-order valence-electron chi connectivity index (χ3n) is 4.99. The van der Waals surface area contributed by atoms with E-state index in [2.05, 4.69) is 20.8 Å². The number of carboxylic acid groups (broad SMARTS) is 1. The van der Waals surface area contributed by atoms with Crippen LogP contribution in [0.2, 0.25) is 0 Å². The lowest BCUT2D eigenvalue weighted by molar-refractivity contribution is -0.157. The summed E-state index contributed by atoms with van der Waals surface area (Å²) in [5.41, 5.74) is -0.849. The molecule has 116 valence electrons. The normalized spacial score (nSPS) is 24.3. The van der Waals surface area contributed by atoms with Crippen LogP contribution in [-0.2, 0) is 9.59 Å². The first-order chi connectivity index (χ1) is 8.98. The lowest BCUT2D eigenvalue weighted by atomic mass is 9.69. The van der Waals surface area contributed by atoms with Gasteiger partial charge in [-0.05, 0) is 50.9 Å². The molecule has 1 rings (SSSR count). The second-order valence-corrected chi connectivity index (χ2v) is 7.68. The molecule has 1 N–H and O–H groups in total. The zero-order chi connectivity index (χ0) is 15.7. The van der Waals surface area contributed by atoms with Crippen molar-refractivity contribution in [2.75, 3.05) is 7.05 Å². The molecule has 4 heteroatoms. The summed E-state index contributed by atoms with van der Waals surface area (Å²) < 4.78 is 0. The van der Waals surface area contributed by atoms with Crippen molar-refractivity contribution in [2.24, 2.45) is 17.3 Å². The minimum Gasteiger partial charge on any atom is -0.480 e. The molecule has 4 nitrogen and oxygen atoms in total. The Kier molecular flexibility index (Phi) is 4.88. The van der Waals surface area contributed by atoms with Gasteiger partial charge in [0.05, 0.1) is 0 Å². The summed E-state index contributed by atoms with van der Waals surface area (Å²) in [6.07, 6.45) is 3.87. The van der Waals surface area contributed by atoms with Gasteiger partial charge in [-0.1, -0.05) is 20.8 Å². The molecule has 0 saturated heterocycles. The Bertz CT molecular complexity index is 374. The zero-order valence-corrected chi connectivity index (χ0v) is 13.7. The van der Waals surface area contributed by atoms with Crippen LogP contribution in [0, 0.1) is 17.3 Å². The molecule has 0 radical (unpaired) electrons. The van der Waals surface area contributed by atoms with Crippen molar-refractivity contribution in [1.82, 2.24) is 4.90 Å². The first-order valence-corrected chi connectivity index (χ1v) is 7.49. The summed E-state index contributed by atoms with van der Waals surface area (Å²) in [6, 6.07) is 0. The maximum Gasteiger partial charge on any atom is 0.329 e. The molecule has 1 fully saturated rings. The van der Waals surface area contributed by atoms with E-state index in [4.69, 9.17) is 0 Å². The molecule has 0 aliphatic heterocycles. The standard InChI is InChI=1S/C16H29NO3/c1-15(2,3)12-9-7-11(8-10-12)13(18)17(6)16(4,5)14(19)20/h11-12H,7-10H2,1-6H3,(H,19,20). The highest BCUT2D eigenvalue weighted by atomic mass is 16.4. The summed E-state index contributed by atoms with van der Waals surface area (Å²) in [7, 11) is 1.60. The average molecular weight is 283 g/mol. The van der Waals surface area contributed by atoms with Crippen molar-refractivity contribution in [3.8, 4) is 0 Å². The van der Waals surface area contributed by atoms with Crippen LogP contribution in [0.3, 0.4) is 0 Å². The number of amides is 1. The number of carbonyl (C=O) groups excluding carboxylic acids is 1. The van der Waals surface area contributed by atoms with Crippen LogP contribution < -0.4 is 0 Å². The first-order valence-electron chi connectivity index (χ1n) is 7.49. The molecule has 0 spiro atoms. The minimum absolute atomic E-state index is 0.0165. The third kappa shape index (κ3) is 3.53. The number of nitrogens with zero attached hydrogens (tertiary/aromatic N) is 1. The fourth-order valence-electron chi connectivity index (χ4n) is 2.90. The Labute approximate surface area is 122 Å². The van der Waals surface area contributed by atoms with Gasteiger partial charge < -0.3 is 10.0 Å². The zero-order valence-electron chi connectivity index (χ0n) is 13.7. The average Bonchev–Trinajstić information content (AvgIpc) is 2.35. The first kappa shape index (κ1) is 17.0. The maximum absolute atomic E-state index is 12.5. The van der Waals surface area contributed by atoms with Gasteiger partial charge >= 0.3 is 5.97 Å². The summed E-state index contributed by atoms with van der Waals surface area (Å²) in [4.78, 5) is 25.1. The van der Waals surface area contributed by atoms with Gasteiger partial charge in [0.1, 0.15) is 5.54 Å². The van der Waals surface area contributed by atoms with Gasteiger partial charge in [-0.2, -0.15) is 0 Å². The fraction of sp³-hybridized carbons (Fsp3) is 0.875. The van der Waals surface area contributed by atoms with E-state index in [1.807, 2.05) is 0 Å². The van der Waals surface area contributed by atoms with Gasteiger partial charge in [0.2, 0.25) is 5.91 Å². The summed E-state index contributed by atoms with van der Waals surface area (Å²) in [6.45, 7) is 9.90. The number of carboxylic acids is 1. The highest BCUT2D eigenvalue weighted by Gasteiger charge is 2.39. The largest absolute Gasteiger partial charge is 0.480 e. The fourth-order valence-corrected chi connectivity index (χ4v) is 2.90. The Morgan fingerprint density at radius 2 is 1.45 bits per heavy atom. The van der Waals surface area contributed by atoms with Gasteiger partial charge in [-0.3, -0.25) is 4.79 Å². The number of hydrogen-bond acceptors (Lipinski definition) is 2. The summed E-state index contributed by atoms with van der Waals surface area (Å²) in [5, 5.41) is 9.21. The minimum atomic E-state index is -1.14. The highest BCUT2D eigenvalue weighted by Crippen LogP contribution is 2.40. The number of carbonyl (C=O) groups is 2. The van der Waals surface area contributed by atoms with E-state index in [1.165, 1.54) is 4.90 Å². The number of aliphatic carboxylic acids is 1. The highest BCUT2D eigenvalue weighted by molar-refractivity contribution is 5.87. The molecule has 1 aliphatic carbocycles. The Balaban J connectivity index is 2.66. The molecule has 0 aromatic heterocycles. The van der Waals surface area contributed by atoms with Crippen molar-refractivity contribution in [3.05, 3.63) is 0 Å². The topological polar surface area (TPSA) is 57.6 Å². The van der Waals surface area contributed by atoms with Crippen molar-refractivity contribution < 1.29 is 14.7 Å². The van der Waals surface area contributed by atoms with Gasteiger partial charge in [-0.15, -0.1) is 0 Å². The molecule has 1 saturated carbocycles. The molecule has 0 bridgehead atoms. The van der Waals surface area contributed by atoms with Crippen molar-refractivity contribution in [3.63, 3.8) is 0 Å². The van der Waals surface area contributed by atoms with E-state index in [0.29, 0.717) is 11.3 Å². The molecule has 0 atom stereocenters. The summed E-state index contributed by atoms with van der Waals surface area (Å²) >= 11 is 0. The van der Waals surface area contributed by atoms with Crippen molar-refractivity contribution in [1.29, 1.82) is 0 Å². The van der Waals surface area contributed by atoms with Gasteiger partial charge in [0.25, 0.3) is 0 Å². The second-order valence-electron chi connectivity index (χ2n) is 7.68. The van der Waals surface area contributed by atoms with Crippen LogP contribution in [0.5, 0.6) is 0 Å². The predicted octanol–water partition coefficient (Wildman–Crippen LogP) is 3.16. The molecule has 0 unspecified atom stereocenters. The molecule has 1 aliphatic rings. The van der Waals surface area contributed by atoms with E-state index < -0.39 is 11.5 Å². The van der Waals surface area contributed by atoms with Gasteiger partial charge in [0, 0.05) is 13.0 Å². The molecule has 1 amide bonds. The Morgan fingerprint density at radius 3 is 1.80 bits per heavy atom. The van der Waals surface area contributed by atoms with Crippen LogP contribution in [-0.4, -0.2) is 34.5 Å². The van der Waals surface area contributed by atoms with Gasteiger partial charge in [-0.25, -0.2) is 4.79 Å². The molecule has 20 heavy (non-hydrogen) atoms. The molecule has 0 aromatic carbocycles. The molecule has 0 aromatic rings. The van der Waals surface area contributed by atoms with E-state index in [9.17, 15) is 14.7 Å². The molecule has 0 heterocycles. The Morgan fingerprint density at radius 1 is 1.00 bits per heavy atom. The van der Waals surface area contributed by atoms with Crippen LogP contribution >= 0.6 is 0 Å². The van der Waals surface area contributed by atoms with E-state index in [-0.39, 0.29) is 11.8 Å². The summed E-state index contributed by atoms with van der Waals surface area (Å²) in [5.74, 6) is -0.344. The van der Waals surface area contributed by atoms with Crippen LogP contribution in [0.15, 0.2) is 0 Å². The van der Waals surface area contributed by atoms with Crippen LogP contribution in [0.25, 0.3) is 0 Å². The second kappa shape index (κ2) is 5.74. The van der Waals surface area contributed by atoms with Gasteiger partial charge in [0.15, 0.2) is 0 Å². The third-order valence-corrected chi connectivity index (χ3v) is 4.99. The predicted molar refractivity (Wildman–Crippen MR) is 79.4 cm³/mol. The number of rotatable bonds is 3. The van der Waals surface area contributed by atoms with Crippen LogP contribution in [0.4, 0.5) is 0 Å². The van der Waals surface area contributed by atoms with Crippen molar-refractivity contribution >= 4 is 11.9 Å². The molecular formula is C16H29NO3. The SMILES string of the molecule is CN(C(=O)C1CCC(C(C)(C)C)CC1)C(C)(C)C(=O)O. The number of likely N-dealkylation sites (N-methyl/N-ethyl adjacent to an activating group) is 1. The monoisotopic (exact) mass is 283 g/mol. The maximum atomic E-state index is 12.5. The van der Waals surface area contributed by atoms with E-state index >= 15 is 0 Å². The lowest BCUT2D eigenvalue weighted by Crippen LogP contribution is -2.53. The Hall–Kier alpha value is -1.06. The quantitative estimate of drug-likeness (QED) is 0.865. The van der Waals surface area contributed by atoms with Crippen LogP contribution in [0.1, 0.15) is 60.3 Å². The lowest BCUT2D eigenvalue weighted by Gasteiger charge is -2.39. The smallest absolute Gasteiger partial charge is 0.329 e. The van der Waals surface area contributed by atoms with Crippen molar-refractivity contribution in [2.45, 2.75) is 65.8 Å². The number of hydrogen-bond donors (Lipinski definition) is 1. The van der Waals surface area contributed by atoms with E-state index in [0.717, 1.165) is 25.7 Å². The van der Waals surface area contributed by atoms with E-state index in [1.54, 1.807) is 20.9 Å².